The zero-order chi connectivity index (χ0) is 13.1. The molecule has 1 rings (SSSR count). The molecule has 0 aliphatic rings. The number of rotatable bonds is 5. The van der Waals surface area contributed by atoms with Gasteiger partial charge in [-0.15, -0.1) is 0 Å². The number of carbonyl (C=O) groups excluding carboxylic acids is 1. The number of carboxylic acids is 2. The number of aromatic nitrogens is 1. The van der Waals surface area contributed by atoms with Gasteiger partial charge in [0.05, 0.1) is 6.42 Å². The molecule has 0 saturated carbocycles. The van der Waals surface area contributed by atoms with Crippen molar-refractivity contribution in [1.29, 1.82) is 0 Å². The van der Waals surface area contributed by atoms with Gasteiger partial charge >= 0.3 is 11.9 Å². The standard InChI is InChI=1S/C10H10N2O5/c11-10(9(16)17,5-7(13)14)8(15)6-1-3-12-4-2-6/h1-4H,5,11H2,(H,13,14)(H,16,17). The minimum atomic E-state index is -2.47. The lowest BCUT2D eigenvalue weighted by Crippen LogP contribution is -2.56. The minimum Gasteiger partial charge on any atom is -0.481 e. The fourth-order valence-corrected chi connectivity index (χ4v) is 1.25. The maximum Gasteiger partial charge on any atom is 0.332 e. The zero-order valence-electron chi connectivity index (χ0n) is 8.66. The molecule has 7 heteroatoms. The van der Waals surface area contributed by atoms with Crippen LogP contribution in [0.15, 0.2) is 24.5 Å². The highest BCUT2D eigenvalue weighted by molar-refractivity contribution is 6.17. The summed E-state index contributed by atoms with van der Waals surface area (Å²) in [6.45, 7) is 0. The average Bonchev–Trinajstić information content (AvgIpc) is 2.28. The second-order valence-corrected chi connectivity index (χ2v) is 3.41. The largest absolute Gasteiger partial charge is 0.481 e. The molecule has 0 spiro atoms. The number of Topliss-reactive ketones (excluding diaryl/α,β-unsaturated/α-hetero) is 1. The summed E-state index contributed by atoms with van der Waals surface area (Å²) in [5.74, 6) is -4.10. The molecule has 1 aromatic heterocycles. The van der Waals surface area contributed by atoms with E-state index in [4.69, 9.17) is 15.9 Å². The number of nitrogens with two attached hydrogens (primary N) is 1. The van der Waals surface area contributed by atoms with Crippen molar-refractivity contribution in [2.24, 2.45) is 5.73 Å². The van der Waals surface area contributed by atoms with E-state index in [1.807, 2.05) is 0 Å². The first-order valence-electron chi connectivity index (χ1n) is 4.57. The molecule has 0 saturated heterocycles. The maximum absolute atomic E-state index is 11.8. The monoisotopic (exact) mass is 238 g/mol. The topological polar surface area (TPSA) is 131 Å². The number of pyridine rings is 1. The van der Waals surface area contributed by atoms with Crippen LogP contribution in [0.5, 0.6) is 0 Å². The highest BCUT2D eigenvalue weighted by atomic mass is 16.4. The molecule has 1 aromatic rings. The molecule has 0 amide bonds. The molecule has 1 unspecified atom stereocenters. The summed E-state index contributed by atoms with van der Waals surface area (Å²) in [6.07, 6.45) is 1.59. The number of hydrogen-bond acceptors (Lipinski definition) is 5. The van der Waals surface area contributed by atoms with Gasteiger partial charge in [0, 0.05) is 18.0 Å². The molecule has 0 radical (unpaired) electrons. The molecular formula is C10H10N2O5. The highest BCUT2D eigenvalue weighted by Gasteiger charge is 2.44. The quantitative estimate of drug-likeness (QED) is 0.466. The Morgan fingerprint density at radius 1 is 1.24 bits per heavy atom. The molecule has 1 heterocycles. The van der Waals surface area contributed by atoms with E-state index >= 15 is 0 Å². The smallest absolute Gasteiger partial charge is 0.332 e. The average molecular weight is 238 g/mol. The fraction of sp³-hybridized carbons (Fsp3) is 0.200. The maximum atomic E-state index is 11.8. The van der Waals surface area contributed by atoms with Crippen LogP contribution >= 0.6 is 0 Å². The van der Waals surface area contributed by atoms with Crippen molar-refractivity contribution >= 4 is 17.7 Å². The third-order valence-corrected chi connectivity index (χ3v) is 2.16. The van der Waals surface area contributed by atoms with Gasteiger partial charge in [0.1, 0.15) is 0 Å². The molecule has 17 heavy (non-hydrogen) atoms. The van der Waals surface area contributed by atoms with Crippen LogP contribution < -0.4 is 5.73 Å². The van der Waals surface area contributed by atoms with Crippen LogP contribution in [0.2, 0.25) is 0 Å². The number of aliphatic carboxylic acids is 2. The van der Waals surface area contributed by atoms with Crippen LogP contribution in [0.1, 0.15) is 16.8 Å². The van der Waals surface area contributed by atoms with E-state index in [1.165, 1.54) is 24.5 Å². The van der Waals surface area contributed by atoms with Gasteiger partial charge in [0.15, 0.2) is 11.3 Å². The Hall–Kier alpha value is -2.28. The minimum absolute atomic E-state index is 0.00569. The molecule has 4 N–H and O–H groups in total. The van der Waals surface area contributed by atoms with Crippen molar-refractivity contribution in [2.45, 2.75) is 12.0 Å². The van der Waals surface area contributed by atoms with E-state index in [2.05, 4.69) is 4.98 Å². The Labute approximate surface area is 95.9 Å². The summed E-state index contributed by atoms with van der Waals surface area (Å²) in [4.78, 5) is 37.0. The van der Waals surface area contributed by atoms with Crippen molar-refractivity contribution in [2.75, 3.05) is 0 Å². The van der Waals surface area contributed by atoms with E-state index < -0.39 is 29.7 Å². The van der Waals surface area contributed by atoms with Crippen LogP contribution in [0.25, 0.3) is 0 Å². The van der Waals surface area contributed by atoms with Crippen LogP contribution in [0.4, 0.5) is 0 Å². The Bertz CT molecular complexity index is 459. The summed E-state index contributed by atoms with van der Waals surface area (Å²) in [5, 5.41) is 17.5. The molecule has 0 bridgehead atoms. The second kappa shape index (κ2) is 4.71. The first kappa shape index (κ1) is 12.8. The van der Waals surface area contributed by atoms with Gasteiger partial charge in [-0.1, -0.05) is 0 Å². The Morgan fingerprint density at radius 3 is 2.18 bits per heavy atom. The lowest BCUT2D eigenvalue weighted by Gasteiger charge is -2.20. The summed E-state index contributed by atoms with van der Waals surface area (Å²) in [5.41, 5.74) is 2.91. The van der Waals surface area contributed by atoms with Gasteiger partial charge in [0.2, 0.25) is 0 Å². The van der Waals surface area contributed by atoms with E-state index in [0.717, 1.165) is 0 Å². The first-order valence-corrected chi connectivity index (χ1v) is 4.57. The van der Waals surface area contributed by atoms with E-state index in [1.54, 1.807) is 0 Å². The van der Waals surface area contributed by atoms with Crippen LogP contribution in [0, 0.1) is 0 Å². The van der Waals surface area contributed by atoms with E-state index in [-0.39, 0.29) is 5.56 Å². The van der Waals surface area contributed by atoms with Gasteiger partial charge in [-0.2, -0.15) is 0 Å². The third-order valence-electron chi connectivity index (χ3n) is 2.16. The lowest BCUT2D eigenvalue weighted by atomic mass is 9.87. The van der Waals surface area contributed by atoms with Crippen LogP contribution in [-0.2, 0) is 9.59 Å². The zero-order valence-corrected chi connectivity index (χ0v) is 8.66. The molecule has 0 aliphatic heterocycles. The highest BCUT2D eigenvalue weighted by Crippen LogP contribution is 2.15. The number of carbonyl (C=O) groups is 3. The molecular weight excluding hydrogens is 228 g/mol. The SMILES string of the molecule is NC(CC(=O)O)(C(=O)O)C(=O)c1ccncc1. The Morgan fingerprint density at radius 2 is 1.76 bits per heavy atom. The van der Waals surface area contributed by atoms with Crippen molar-refractivity contribution in [1.82, 2.24) is 4.98 Å². The number of hydrogen-bond donors (Lipinski definition) is 3. The molecule has 1 atom stereocenters. The van der Waals surface area contributed by atoms with Gasteiger partial charge < -0.3 is 15.9 Å². The van der Waals surface area contributed by atoms with E-state index in [9.17, 15) is 14.4 Å². The predicted molar refractivity (Wildman–Crippen MR) is 55.4 cm³/mol. The molecule has 7 nitrogen and oxygen atoms in total. The Kier molecular flexibility index (Phi) is 3.54. The second-order valence-electron chi connectivity index (χ2n) is 3.41. The number of carboxylic acid groups (broad SMARTS) is 2. The number of nitrogens with zero attached hydrogens (tertiary/aromatic N) is 1. The molecule has 0 aliphatic carbocycles. The van der Waals surface area contributed by atoms with Crippen LogP contribution in [0.3, 0.4) is 0 Å². The normalized spacial score (nSPS) is 13.7. The summed E-state index contributed by atoms with van der Waals surface area (Å²) < 4.78 is 0. The first-order chi connectivity index (χ1) is 7.88. The summed E-state index contributed by atoms with van der Waals surface area (Å²) in [7, 11) is 0. The van der Waals surface area contributed by atoms with Gasteiger partial charge in [0.25, 0.3) is 0 Å². The molecule has 0 aromatic carbocycles. The summed E-state index contributed by atoms with van der Waals surface area (Å²) >= 11 is 0. The fourth-order valence-electron chi connectivity index (χ4n) is 1.25. The van der Waals surface area contributed by atoms with Gasteiger partial charge in [-0.25, -0.2) is 4.79 Å². The predicted octanol–water partition coefficient (Wildman–Crippen LogP) is -0.479. The van der Waals surface area contributed by atoms with Crippen molar-refractivity contribution in [3.8, 4) is 0 Å². The Balaban J connectivity index is 3.12. The van der Waals surface area contributed by atoms with Crippen molar-refractivity contribution in [3.63, 3.8) is 0 Å². The lowest BCUT2D eigenvalue weighted by molar-refractivity contribution is -0.147. The van der Waals surface area contributed by atoms with Crippen LogP contribution in [-0.4, -0.2) is 38.5 Å². The summed E-state index contributed by atoms with van der Waals surface area (Å²) in [6, 6.07) is 2.55. The van der Waals surface area contributed by atoms with Gasteiger partial charge in [-0.3, -0.25) is 14.6 Å². The van der Waals surface area contributed by atoms with Crippen molar-refractivity contribution < 1.29 is 24.6 Å². The molecule has 0 fully saturated rings. The number of ketones is 1. The van der Waals surface area contributed by atoms with Crippen molar-refractivity contribution in [3.05, 3.63) is 30.1 Å². The molecule has 90 valence electrons. The van der Waals surface area contributed by atoms with E-state index in [0.29, 0.717) is 0 Å². The third kappa shape index (κ3) is 2.64. The van der Waals surface area contributed by atoms with Gasteiger partial charge in [-0.05, 0) is 12.1 Å².